The maximum Gasteiger partial charge on any atom is 0.306 e. The van der Waals surface area contributed by atoms with Crippen LogP contribution in [0.3, 0.4) is 0 Å². The van der Waals surface area contributed by atoms with Crippen molar-refractivity contribution in [2.75, 3.05) is 20.5 Å². The molecule has 0 aromatic heterocycles. The molecule has 0 spiro atoms. The van der Waals surface area contributed by atoms with E-state index in [1.54, 1.807) is 31.2 Å². The van der Waals surface area contributed by atoms with Crippen molar-refractivity contribution in [3.05, 3.63) is 29.8 Å². The van der Waals surface area contributed by atoms with Gasteiger partial charge in [-0.25, -0.2) is 0 Å². The number of rotatable bonds is 8. The van der Waals surface area contributed by atoms with Gasteiger partial charge in [-0.15, -0.1) is 0 Å². The number of ketones is 1. The molecular weight excluding hydrogens is 248 g/mol. The Kier molecular flexibility index (Phi) is 6.60. The van der Waals surface area contributed by atoms with Gasteiger partial charge in [-0.05, 0) is 19.1 Å². The fourth-order valence-corrected chi connectivity index (χ4v) is 1.48. The highest BCUT2D eigenvalue weighted by atomic mass is 16.7. The summed E-state index contributed by atoms with van der Waals surface area (Å²) in [5.41, 5.74) is 0.512. The summed E-state index contributed by atoms with van der Waals surface area (Å²) in [6, 6.07) is 6.78. The molecule has 0 aliphatic carbocycles. The topological polar surface area (TPSA) is 61.8 Å². The van der Waals surface area contributed by atoms with Crippen molar-refractivity contribution in [3.8, 4) is 5.75 Å². The maximum absolute atomic E-state index is 11.9. The van der Waals surface area contributed by atoms with E-state index in [4.69, 9.17) is 14.2 Å². The third-order valence-electron chi connectivity index (χ3n) is 2.36. The molecule has 1 rings (SSSR count). The van der Waals surface area contributed by atoms with E-state index in [0.29, 0.717) is 17.9 Å². The third kappa shape index (κ3) is 5.52. The van der Waals surface area contributed by atoms with Crippen LogP contribution in [0, 0.1) is 0 Å². The van der Waals surface area contributed by atoms with E-state index in [-0.39, 0.29) is 31.4 Å². The quantitative estimate of drug-likeness (QED) is 0.410. The van der Waals surface area contributed by atoms with Gasteiger partial charge in [0.05, 0.1) is 13.0 Å². The van der Waals surface area contributed by atoms with Crippen molar-refractivity contribution >= 4 is 11.8 Å². The number of Topliss-reactive ketones (excluding diaryl/α,β-unsaturated/α-hetero) is 1. The Bertz CT molecular complexity index is 428. The van der Waals surface area contributed by atoms with Crippen LogP contribution in [-0.4, -0.2) is 32.3 Å². The first kappa shape index (κ1) is 15.2. The summed E-state index contributed by atoms with van der Waals surface area (Å²) in [4.78, 5) is 23.1. The van der Waals surface area contributed by atoms with Crippen LogP contribution in [-0.2, 0) is 14.3 Å². The van der Waals surface area contributed by atoms with Crippen LogP contribution < -0.4 is 4.74 Å². The van der Waals surface area contributed by atoms with Crippen molar-refractivity contribution in [1.82, 2.24) is 0 Å². The van der Waals surface area contributed by atoms with Crippen LogP contribution >= 0.6 is 0 Å². The Labute approximate surface area is 112 Å². The first-order valence-corrected chi connectivity index (χ1v) is 6.08. The number of carbonyl (C=O) groups excluding carboxylic acids is 2. The van der Waals surface area contributed by atoms with Crippen molar-refractivity contribution in [3.63, 3.8) is 0 Å². The molecule has 0 fully saturated rings. The predicted octanol–water partition coefficient (Wildman–Crippen LogP) is 2.20. The summed E-state index contributed by atoms with van der Waals surface area (Å²) in [5.74, 6) is 0.0855. The van der Waals surface area contributed by atoms with E-state index in [9.17, 15) is 9.59 Å². The SMILES string of the molecule is CCOC(=O)CCC(=O)c1cccc(OCOC)c1. The molecule has 0 amide bonds. The maximum atomic E-state index is 11.9. The second-order valence-electron chi connectivity index (χ2n) is 3.81. The van der Waals surface area contributed by atoms with E-state index in [0.717, 1.165) is 0 Å². The van der Waals surface area contributed by atoms with Gasteiger partial charge in [0.15, 0.2) is 12.6 Å². The van der Waals surface area contributed by atoms with Gasteiger partial charge in [-0.1, -0.05) is 12.1 Å². The highest BCUT2D eigenvalue weighted by Gasteiger charge is 2.10. The molecule has 0 saturated heterocycles. The van der Waals surface area contributed by atoms with Gasteiger partial charge < -0.3 is 14.2 Å². The van der Waals surface area contributed by atoms with E-state index in [1.165, 1.54) is 7.11 Å². The van der Waals surface area contributed by atoms with Gasteiger partial charge >= 0.3 is 5.97 Å². The molecule has 104 valence electrons. The number of esters is 1. The van der Waals surface area contributed by atoms with Crippen LogP contribution in [0.5, 0.6) is 5.75 Å². The predicted molar refractivity (Wildman–Crippen MR) is 69.1 cm³/mol. The molecule has 1 aromatic carbocycles. The summed E-state index contributed by atoms with van der Waals surface area (Å²) in [6.07, 6.45) is 0.225. The highest BCUT2D eigenvalue weighted by Crippen LogP contribution is 2.15. The largest absolute Gasteiger partial charge is 0.468 e. The number of benzene rings is 1. The monoisotopic (exact) mass is 266 g/mol. The van der Waals surface area contributed by atoms with Gasteiger partial charge in [0, 0.05) is 19.1 Å². The Morgan fingerprint density at radius 2 is 2.00 bits per heavy atom. The lowest BCUT2D eigenvalue weighted by Gasteiger charge is -2.06. The fraction of sp³-hybridized carbons (Fsp3) is 0.429. The van der Waals surface area contributed by atoms with Crippen molar-refractivity contribution in [2.24, 2.45) is 0 Å². The Morgan fingerprint density at radius 1 is 1.21 bits per heavy atom. The number of hydrogen-bond acceptors (Lipinski definition) is 5. The first-order chi connectivity index (χ1) is 9.17. The summed E-state index contributed by atoms with van der Waals surface area (Å²) < 4.78 is 14.8. The molecule has 0 atom stereocenters. The van der Waals surface area contributed by atoms with E-state index in [1.807, 2.05) is 0 Å². The zero-order chi connectivity index (χ0) is 14.1. The van der Waals surface area contributed by atoms with Crippen molar-refractivity contribution < 1.29 is 23.8 Å². The van der Waals surface area contributed by atoms with Crippen LogP contribution in [0.4, 0.5) is 0 Å². The van der Waals surface area contributed by atoms with Crippen LogP contribution in [0.2, 0.25) is 0 Å². The van der Waals surface area contributed by atoms with E-state index in [2.05, 4.69) is 0 Å². The summed E-state index contributed by atoms with van der Waals surface area (Å²) in [7, 11) is 1.52. The molecule has 5 nitrogen and oxygen atoms in total. The van der Waals surface area contributed by atoms with Gasteiger partial charge in [-0.2, -0.15) is 0 Å². The average molecular weight is 266 g/mol. The van der Waals surface area contributed by atoms with E-state index >= 15 is 0 Å². The Morgan fingerprint density at radius 3 is 2.68 bits per heavy atom. The van der Waals surface area contributed by atoms with Crippen molar-refractivity contribution in [1.29, 1.82) is 0 Å². The molecule has 1 aromatic rings. The second-order valence-corrected chi connectivity index (χ2v) is 3.81. The molecule has 0 radical (unpaired) electrons. The van der Waals surface area contributed by atoms with Gasteiger partial charge in [0.2, 0.25) is 0 Å². The molecule has 0 saturated carbocycles. The number of ether oxygens (including phenoxy) is 3. The minimum absolute atomic E-state index is 0.0931. The number of methoxy groups -OCH3 is 1. The molecule has 0 aliphatic rings. The zero-order valence-electron chi connectivity index (χ0n) is 11.2. The minimum atomic E-state index is -0.359. The molecule has 0 unspecified atom stereocenters. The first-order valence-electron chi connectivity index (χ1n) is 6.08. The highest BCUT2D eigenvalue weighted by molar-refractivity contribution is 5.97. The number of hydrogen-bond donors (Lipinski definition) is 0. The fourth-order valence-electron chi connectivity index (χ4n) is 1.48. The summed E-state index contributed by atoms with van der Waals surface area (Å²) in [6.45, 7) is 2.18. The van der Waals surface area contributed by atoms with Crippen LogP contribution in [0.1, 0.15) is 30.1 Å². The van der Waals surface area contributed by atoms with E-state index < -0.39 is 0 Å². The summed E-state index contributed by atoms with van der Waals surface area (Å²) in [5, 5.41) is 0. The van der Waals surface area contributed by atoms with Crippen molar-refractivity contribution in [2.45, 2.75) is 19.8 Å². The van der Waals surface area contributed by atoms with Gasteiger partial charge in [0.1, 0.15) is 5.75 Å². The zero-order valence-corrected chi connectivity index (χ0v) is 11.2. The lowest BCUT2D eigenvalue weighted by molar-refractivity contribution is -0.143. The average Bonchev–Trinajstić information content (AvgIpc) is 2.43. The number of carbonyl (C=O) groups is 2. The summed E-state index contributed by atoms with van der Waals surface area (Å²) >= 11 is 0. The molecule has 19 heavy (non-hydrogen) atoms. The smallest absolute Gasteiger partial charge is 0.306 e. The van der Waals surface area contributed by atoms with Crippen LogP contribution in [0.25, 0.3) is 0 Å². The molecule has 5 heteroatoms. The Balaban J connectivity index is 2.54. The lowest BCUT2D eigenvalue weighted by Crippen LogP contribution is -2.08. The molecule has 0 aliphatic heterocycles. The lowest BCUT2D eigenvalue weighted by atomic mass is 10.1. The third-order valence-corrected chi connectivity index (χ3v) is 2.36. The second kappa shape index (κ2) is 8.26. The standard InChI is InChI=1S/C14H18O5/c1-3-18-14(16)8-7-13(15)11-5-4-6-12(9-11)19-10-17-2/h4-6,9H,3,7-8,10H2,1-2H3. The Hall–Kier alpha value is -1.88. The van der Waals surface area contributed by atoms with Gasteiger partial charge in [0.25, 0.3) is 0 Å². The van der Waals surface area contributed by atoms with Gasteiger partial charge in [-0.3, -0.25) is 9.59 Å². The molecule has 0 heterocycles. The molecule has 0 bridgehead atoms. The minimum Gasteiger partial charge on any atom is -0.468 e. The normalized spacial score (nSPS) is 10.0. The molecular formula is C14H18O5. The van der Waals surface area contributed by atoms with Crippen LogP contribution in [0.15, 0.2) is 24.3 Å². The molecule has 0 N–H and O–H groups in total.